The average molecular weight is 274 g/mol. The van der Waals surface area contributed by atoms with Crippen LogP contribution in [0.25, 0.3) is 0 Å². The molecule has 4 nitrogen and oxygen atoms in total. The number of rotatable bonds is 7. The Hall–Kier alpha value is -2.02. The van der Waals surface area contributed by atoms with Crippen LogP contribution < -0.4 is 10.1 Å². The molecule has 0 saturated carbocycles. The number of hydrogen-bond donors (Lipinski definition) is 1. The number of carbonyl (C=O) groups excluding carboxylic acids is 1. The van der Waals surface area contributed by atoms with Gasteiger partial charge in [-0.3, -0.25) is 4.79 Å². The van der Waals surface area contributed by atoms with Crippen molar-refractivity contribution in [3.63, 3.8) is 0 Å². The van der Waals surface area contributed by atoms with Gasteiger partial charge in [-0.2, -0.15) is 5.26 Å². The first-order valence-electron chi connectivity index (χ1n) is 7.03. The normalized spacial score (nSPS) is 10.7. The molecule has 0 aliphatic carbocycles. The van der Waals surface area contributed by atoms with Crippen LogP contribution in [0.3, 0.4) is 0 Å². The van der Waals surface area contributed by atoms with Crippen molar-refractivity contribution in [3.8, 4) is 11.8 Å². The van der Waals surface area contributed by atoms with Gasteiger partial charge in [0.25, 0.3) is 5.91 Å². The van der Waals surface area contributed by atoms with Crippen molar-refractivity contribution in [3.05, 3.63) is 29.8 Å². The largest absolute Gasteiger partial charge is 0.484 e. The summed E-state index contributed by atoms with van der Waals surface area (Å²) in [5.41, 5.74) is 0.439. The lowest BCUT2D eigenvalue weighted by Gasteiger charge is -2.31. The van der Waals surface area contributed by atoms with Crippen LogP contribution in [0.2, 0.25) is 0 Å². The standard InChI is InChI=1S/C16H22N2O2/c1-4-16(5-2,6-3)18-15(19)12-20-14-9-7-13(11-17)8-10-14/h7-10H,4-6,12H2,1-3H3,(H,18,19). The molecule has 1 aromatic carbocycles. The zero-order chi connectivity index (χ0) is 15.0. The van der Waals surface area contributed by atoms with Crippen molar-refractivity contribution in [2.24, 2.45) is 0 Å². The van der Waals surface area contributed by atoms with Crippen LogP contribution in [0.4, 0.5) is 0 Å². The topological polar surface area (TPSA) is 62.1 Å². The Kier molecular flexibility index (Phi) is 6.05. The zero-order valence-corrected chi connectivity index (χ0v) is 12.4. The minimum Gasteiger partial charge on any atom is -0.484 e. The van der Waals surface area contributed by atoms with Gasteiger partial charge in [-0.05, 0) is 43.5 Å². The van der Waals surface area contributed by atoms with E-state index in [-0.39, 0.29) is 18.1 Å². The maximum atomic E-state index is 11.9. The van der Waals surface area contributed by atoms with E-state index < -0.39 is 0 Å². The summed E-state index contributed by atoms with van der Waals surface area (Å²) in [4.78, 5) is 11.9. The van der Waals surface area contributed by atoms with Gasteiger partial charge in [-0.1, -0.05) is 20.8 Å². The molecule has 0 radical (unpaired) electrons. The number of carbonyl (C=O) groups is 1. The Bertz CT molecular complexity index is 462. The zero-order valence-electron chi connectivity index (χ0n) is 12.4. The number of hydrogen-bond acceptors (Lipinski definition) is 3. The van der Waals surface area contributed by atoms with E-state index in [1.807, 2.05) is 6.07 Å². The monoisotopic (exact) mass is 274 g/mol. The van der Waals surface area contributed by atoms with E-state index in [9.17, 15) is 4.79 Å². The lowest BCUT2D eigenvalue weighted by Crippen LogP contribution is -2.48. The highest BCUT2D eigenvalue weighted by atomic mass is 16.5. The Labute approximate surface area is 120 Å². The first-order chi connectivity index (χ1) is 9.59. The molecule has 1 amide bonds. The number of nitrogens with one attached hydrogen (secondary N) is 1. The molecule has 1 N–H and O–H groups in total. The molecule has 1 rings (SSSR count). The van der Waals surface area contributed by atoms with Crippen LogP contribution in [0.1, 0.15) is 45.6 Å². The minimum atomic E-state index is -0.134. The van der Waals surface area contributed by atoms with E-state index in [0.717, 1.165) is 19.3 Å². The van der Waals surface area contributed by atoms with E-state index in [1.54, 1.807) is 24.3 Å². The predicted molar refractivity (Wildman–Crippen MR) is 78.4 cm³/mol. The highest BCUT2D eigenvalue weighted by molar-refractivity contribution is 5.78. The highest BCUT2D eigenvalue weighted by Gasteiger charge is 2.25. The Morgan fingerprint density at radius 1 is 1.20 bits per heavy atom. The second-order valence-corrected chi connectivity index (χ2v) is 4.81. The van der Waals surface area contributed by atoms with Crippen LogP contribution in [0, 0.1) is 11.3 Å². The number of amides is 1. The molecule has 0 unspecified atom stereocenters. The summed E-state index contributed by atoms with van der Waals surface area (Å²) in [6.07, 6.45) is 2.72. The van der Waals surface area contributed by atoms with Crippen molar-refractivity contribution in [1.82, 2.24) is 5.32 Å². The third kappa shape index (κ3) is 4.27. The van der Waals surface area contributed by atoms with Crippen molar-refractivity contribution in [2.45, 2.75) is 45.6 Å². The van der Waals surface area contributed by atoms with Crippen LogP contribution in [0.5, 0.6) is 5.75 Å². The van der Waals surface area contributed by atoms with Crippen LogP contribution >= 0.6 is 0 Å². The van der Waals surface area contributed by atoms with Crippen molar-refractivity contribution < 1.29 is 9.53 Å². The molecule has 4 heteroatoms. The smallest absolute Gasteiger partial charge is 0.258 e. The molecule has 20 heavy (non-hydrogen) atoms. The lowest BCUT2D eigenvalue weighted by molar-refractivity contribution is -0.125. The van der Waals surface area contributed by atoms with Gasteiger partial charge in [0.15, 0.2) is 6.61 Å². The van der Waals surface area contributed by atoms with Crippen LogP contribution in [-0.4, -0.2) is 18.1 Å². The summed E-state index contributed by atoms with van der Waals surface area (Å²) in [6, 6.07) is 8.76. The fourth-order valence-electron chi connectivity index (χ4n) is 2.12. The molecule has 0 saturated heterocycles. The quantitative estimate of drug-likeness (QED) is 0.831. The van der Waals surface area contributed by atoms with E-state index in [0.29, 0.717) is 11.3 Å². The summed E-state index contributed by atoms with van der Waals surface area (Å²) in [6.45, 7) is 6.23. The van der Waals surface area contributed by atoms with E-state index in [2.05, 4.69) is 26.1 Å². The maximum absolute atomic E-state index is 11.9. The van der Waals surface area contributed by atoms with Crippen molar-refractivity contribution in [1.29, 1.82) is 5.26 Å². The molecule has 0 fully saturated rings. The van der Waals surface area contributed by atoms with Gasteiger partial charge in [-0.15, -0.1) is 0 Å². The molecule has 1 aromatic rings. The summed E-state index contributed by atoms with van der Waals surface area (Å²) < 4.78 is 5.43. The number of nitriles is 1. The van der Waals surface area contributed by atoms with Gasteiger partial charge in [0, 0.05) is 5.54 Å². The molecule has 108 valence electrons. The SMILES string of the molecule is CCC(CC)(CC)NC(=O)COc1ccc(C#N)cc1. The Balaban J connectivity index is 2.52. The van der Waals surface area contributed by atoms with Crippen molar-refractivity contribution in [2.75, 3.05) is 6.61 Å². The van der Waals surface area contributed by atoms with Gasteiger partial charge in [0.1, 0.15) is 5.75 Å². The molecule has 0 atom stereocenters. The summed E-state index contributed by atoms with van der Waals surface area (Å²) in [5.74, 6) is 0.481. The average Bonchev–Trinajstić information content (AvgIpc) is 2.51. The number of benzene rings is 1. The molecular weight excluding hydrogens is 252 g/mol. The molecule has 0 spiro atoms. The third-order valence-electron chi connectivity index (χ3n) is 3.79. The van der Waals surface area contributed by atoms with Gasteiger partial charge in [-0.25, -0.2) is 0 Å². The van der Waals surface area contributed by atoms with Gasteiger partial charge in [0.2, 0.25) is 0 Å². The molecular formula is C16H22N2O2. The minimum absolute atomic E-state index is 0.00630. The summed E-state index contributed by atoms with van der Waals surface area (Å²) in [5, 5.41) is 11.8. The maximum Gasteiger partial charge on any atom is 0.258 e. The third-order valence-corrected chi connectivity index (χ3v) is 3.79. The number of ether oxygens (including phenoxy) is 1. The van der Waals surface area contributed by atoms with Gasteiger partial charge < -0.3 is 10.1 Å². The van der Waals surface area contributed by atoms with Gasteiger partial charge >= 0.3 is 0 Å². The summed E-state index contributed by atoms with van der Waals surface area (Å²) in [7, 11) is 0. The molecule has 0 aromatic heterocycles. The van der Waals surface area contributed by atoms with Gasteiger partial charge in [0.05, 0.1) is 11.6 Å². The van der Waals surface area contributed by atoms with E-state index in [4.69, 9.17) is 10.00 Å². The van der Waals surface area contributed by atoms with Crippen LogP contribution in [0.15, 0.2) is 24.3 Å². The van der Waals surface area contributed by atoms with E-state index >= 15 is 0 Å². The second kappa shape index (κ2) is 7.54. The fraction of sp³-hybridized carbons (Fsp3) is 0.500. The molecule has 0 heterocycles. The predicted octanol–water partition coefficient (Wildman–Crippen LogP) is 3.02. The summed E-state index contributed by atoms with van der Waals surface area (Å²) >= 11 is 0. The first kappa shape index (κ1) is 16.0. The second-order valence-electron chi connectivity index (χ2n) is 4.81. The highest BCUT2D eigenvalue weighted by Crippen LogP contribution is 2.19. The lowest BCUT2D eigenvalue weighted by atomic mass is 9.90. The fourth-order valence-corrected chi connectivity index (χ4v) is 2.12. The van der Waals surface area contributed by atoms with E-state index in [1.165, 1.54) is 0 Å². The molecule has 0 aliphatic rings. The first-order valence-corrected chi connectivity index (χ1v) is 7.03. The van der Waals surface area contributed by atoms with Crippen LogP contribution in [-0.2, 0) is 4.79 Å². The molecule has 0 aliphatic heterocycles. The number of nitrogens with zero attached hydrogens (tertiary/aromatic N) is 1. The Morgan fingerprint density at radius 3 is 2.20 bits per heavy atom. The molecule has 0 bridgehead atoms. The van der Waals surface area contributed by atoms with Crippen molar-refractivity contribution >= 4 is 5.91 Å². The Morgan fingerprint density at radius 2 is 1.75 bits per heavy atom.